The van der Waals surface area contributed by atoms with Gasteiger partial charge in [-0.2, -0.15) is 5.10 Å². The molecule has 2 aliphatic heterocycles. The summed E-state index contributed by atoms with van der Waals surface area (Å²) in [5.41, 5.74) is 5.63. The van der Waals surface area contributed by atoms with E-state index in [1.165, 1.54) is 5.56 Å². The van der Waals surface area contributed by atoms with E-state index in [1.54, 1.807) is 14.2 Å². The summed E-state index contributed by atoms with van der Waals surface area (Å²) < 4.78 is 17.5. The largest absolute Gasteiger partial charge is 0.497 e. The Balaban J connectivity index is 1.57. The summed E-state index contributed by atoms with van der Waals surface area (Å²) in [7, 11) is 3.37. The molecule has 164 valence electrons. The third-order valence-electron chi connectivity index (χ3n) is 6.31. The van der Waals surface area contributed by atoms with Crippen molar-refractivity contribution in [3.05, 3.63) is 89.0 Å². The molecule has 5 rings (SSSR count). The number of ether oxygens (including phenoxy) is 3. The van der Waals surface area contributed by atoms with E-state index >= 15 is 0 Å². The molecule has 3 aromatic carbocycles. The first-order valence-electron chi connectivity index (χ1n) is 11.0. The van der Waals surface area contributed by atoms with Crippen LogP contribution in [0.3, 0.4) is 0 Å². The molecule has 32 heavy (non-hydrogen) atoms. The molecule has 0 spiro atoms. The van der Waals surface area contributed by atoms with Crippen molar-refractivity contribution in [1.82, 2.24) is 5.01 Å². The zero-order chi connectivity index (χ0) is 22.2. The molecule has 0 fully saturated rings. The summed E-state index contributed by atoms with van der Waals surface area (Å²) in [6.07, 6.45) is 0.483. The lowest BCUT2D eigenvalue weighted by atomic mass is 9.95. The van der Waals surface area contributed by atoms with E-state index in [9.17, 15) is 0 Å². The molecule has 0 aliphatic carbocycles. The maximum Gasteiger partial charge on any atom is 0.214 e. The topological polar surface area (TPSA) is 43.3 Å². The van der Waals surface area contributed by atoms with Crippen LogP contribution in [0.25, 0.3) is 0 Å². The summed E-state index contributed by atoms with van der Waals surface area (Å²) >= 11 is 0. The van der Waals surface area contributed by atoms with Crippen LogP contribution in [0.15, 0.2) is 71.8 Å². The molecule has 0 unspecified atom stereocenters. The fourth-order valence-corrected chi connectivity index (χ4v) is 4.47. The van der Waals surface area contributed by atoms with E-state index in [0.717, 1.165) is 46.1 Å². The van der Waals surface area contributed by atoms with Crippen LogP contribution >= 0.6 is 0 Å². The highest BCUT2D eigenvalue weighted by molar-refractivity contribution is 6.02. The Morgan fingerprint density at radius 1 is 0.938 bits per heavy atom. The highest BCUT2D eigenvalue weighted by Gasteiger charge is 2.42. The molecule has 0 radical (unpaired) electrons. The van der Waals surface area contributed by atoms with E-state index in [1.807, 2.05) is 24.3 Å². The molecule has 0 bridgehead atoms. The van der Waals surface area contributed by atoms with Gasteiger partial charge in [0.25, 0.3) is 0 Å². The summed E-state index contributed by atoms with van der Waals surface area (Å²) in [6, 6.07) is 22.9. The molecular weight excluding hydrogens is 400 g/mol. The summed E-state index contributed by atoms with van der Waals surface area (Å²) in [4.78, 5) is 0. The van der Waals surface area contributed by atoms with Crippen molar-refractivity contribution >= 4 is 5.71 Å². The van der Waals surface area contributed by atoms with Gasteiger partial charge in [0.2, 0.25) is 6.23 Å². The Morgan fingerprint density at radius 3 is 2.34 bits per heavy atom. The second-order valence-corrected chi connectivity index (χ2v) is 8.55. The number of para-hydroxylation sites is 1. The summed E-state index contributed by atoms with van der Waals surface area (Å²) in [5.74, 6) is 2.88. The Labute approximate surface area is 189 Å². The van der Waals surface area contributed by atoms with Gasteiger partial charge in [-0.3, -0.25) is 0 Å². The first-order chi connectivity index (χ1) is 15.6. The lowest BCUT2D eigenvalue weighted by Gasteiger charge is -2.38. The van der Waals surface area contributed by atoms with Crippen LogP contribution in [0, 0.1) is 0 Å². The Kier molecular flexibility index (Phi) is 5.25. The number of benzene rings is 3. The van der Waals surface area contributed by atoms with Gasteiger partial charge in [-0.15, -0.1) is 0 Å². The molecule has 0 saturated carbocycles. The summed E-state index contributed by atoms with van der Waals surface area (Å²) in [5, 5.41) is 7.15. The number of methoxy groups -OCH3 is 2. The first kappa shape index (κ1) is 20.4. The van der Waals surface area contributed by atoms with Gasteiger partial charge in [-0.1, -0.05) is 50.2 Å². The molecule has 2 aliphatic rings. The number of hydrogen-bond donors (Lipinski definition) is 0. The Bertz CT molecular complexity index is 1140. The van der Waals surface area contributed by atoms with E-state index in [0.29, 0.717) is 5.92 Å². The lowest BCUT2D eigenvalue weighted by molar-refractivity contribution is -0.0209. The lowest BCUT2D eigenvalue weighted by Crippen LogP contribution is -2.33. The Morgan fingerprint density at radius 2 is 1.69 bits per heavy atom. The van der Waals surface area contributed by atoms with Gasteiger partial charge in [0.05, 0.1) is 26.0 Å². The number of hydrogen-bond acceptors (Lipinski definition) is 5. The van der Waals surface area contributed by atoms with Crippen molar-refractivity contribution in [3.8, 4) is 17.2 Å². The zero-order valence-corrected chi connectivity index (χ0v) is 18.9. The van der Waals surface area contributed by atoms with Crippen molar-refractivity contribution in [2.45, 2.75) is 38.5 Å². The highest BCUT2D eigenvalue weighted by atomic mass is 16.5. The maximum atomic E-state index is 6.55. The highest BCUT2D eigenvalue weighted by Crippen LogP contribution is 2.50. The Hall–Kier alpha value is -3.47. The van der Waals surface area contributed by atoms with Gasteiger partial charge in [0, 0.05) is 17.5 Å². The van der Waals surface area contributed by atoms with Gasteiger partial charge in [-0.25, -0.2) is 5.01 Å². The van der Waals surface area contributed by atoms with Gasteiger partial charge >= 0.3 is 0 Å². The van der Waals surface area contributed by atoms with Crippen LogP contribution in [0.1, 0.15) is 60.7 Å². The van der Waals surface area contributed by atoms with Crippen molar-refractivity contribution in [2.24, 2.45) is 5.10 Å². The molecule has 2 heterocycles. The van der Waals surface area contributed by atoms with Gasteiger partial charge < -0.3 is 14.2 Å². The van der Waals surface area contributed by atoms with Gasteiger partial charge in [-0.05, 0) is 47.4 Å². The SMILES string of the molecule is COc1ccc(C2=NN3[C@@H](c4ccc(C(C)C)cc4)Oc4c(OC)cccc4[C@@H]3C2)cc1. The van der Waals surface area contributed by atoms with Crippen LogP contribution in [0.4, 0.5) is 0 Å². The summed E-state index contributed by atoms with van der Waals surface area (Å²) in [6.45, 7) is 4.41. The van der Waals surface area contributed by atoms with Crippen LogP contribution in [0.2, 0.25) is 0 Å². The van der Waals surface area contributed by atoms with Crippen molar-refractivity contribution in [3.63, 3.8) is 0 Å². The average Bonchev–Trinajstić information content (AvgIpc) is 3.29. The number of hydrazone groups is 1. The average molecular weight is 429 g/mol. The molecule has 2 atom stereocenters. The second-order valence-electron chi connectivity index (χ2n) is 8.55. The zero-order valence-electron chi connectivity index (χ0n) is 18.9. The van der Waals surface area contributed by atoms with E-state index in [4.69, 9.17) is 19.3 Å². The molecule has 0 N–H and O–H groups in total. The normalized spacial score (nSPS) is 19.2. The first-order valence-corrected chi connectivity index (χ1v) is 11.0. The molecule has 0 amide bonds. The number of rotatable bonds is 5. The molecule has 0 saturated heterocycles. The smallest absolute Gasteiger partial charge is 0.214 e. The second kappa shape index (κ2) is 8.23. The fraction of sp³-hybridized carbons (Fsp3) is 0.296. The van der Waals surface area contributed by atoms with Crippen LogP contribution in [-0.2, 0) is 0 Å². The van der Waals surface area contributed by atoms with E-state index < -0.39 is 0 Å². The van der Waals surface area contributed by atoms with E-state index in [2.05, 4.69) is 61.3 Å². The predicted molar refractivity (Wildman–Crippen MR) is 126 cm³/mol. The minimum atomic E-state index is -0.319. The van der Waals surface area contributed by atoms with Crippen LogP contribution in [0.5, 0.6) is 17.2 Å². The molecule has 5 heteroatoms. The molecular formula is C27H28N2O3. The predicted octanol–water partition coefficient (Wildman–Crippen LogP) is 6.07. The number of fused-ring (bicyclic) bond motifs is 3. The van der Waals surface area contributed by atoms with Crippen molar-refractivity contribution in [1.29, 1.82) is 0 Å². The number of nitrogens with zero attached hydrogens (tertiary/aromatic N) is 2. The van der Waals surface area contributed by atoms with Crippen LogP contribution < -0.4 is 14.2 Å². The van der Waals surface area contributed by atoms with Gasteiger partial charge in [0.15, 0.2) is 11.5 Å². The van der Waals surface area contributed by atoms with Gasteiger partial charge in [0.1, 0.15) is 5.75 Å². The third-order valence-corrected chi connectivity index (χ3v) is 6.31. The minimum Gasteiger partial charge on any atom is -0.497 e. The molecule has 3 aromatic rings. The quantitative estimate of drug-likeness (QED) is 0.495. The maximum absolute atomic E-state index is 6.55. The van der Waals surface area contributed by atoms with Crippen molar-refractivity contribution in [2.75, 3.05) is 14.2 Å². The monoisotopic (exact) mass is 428 g/mol. The minimum absolute atomic E-state index is 0.0840. The fourth-order valence-electron chi connectivity index (χ4n) is 4.47. The third kappa shape index (κ3) is 3.48. The van der Waals surface area contributed by atoms with Crippen LogP contribution in [-0.4, -0.2) is 24.9 Å². The molecule has 5 nitrogen and oxygen atoms in total. The molecule has 0 aromatic heterocycles. The van der Waals surface area contributed by atoms with E-state index in [-0.39, 0.29) is 12.3 Å². The van der Waals surface area contributed by atoms with Crippen molar-refractivity contribution < 1.29 is 14.2 Å². The standard InChI is InChI=1S/C27H28N2O3/c1-17(2)18-8-10-20(11-9-18)27-29-24(22-6-5-7-25(31-4)26(22)32-27)16-23(28-29)19-12-14-21(30-3)15-13-19/h5-15,17,24,27H,16H2,1-4H3/t24-,27+/m0/s1.